The zero-order chi connectivity index (χ0) is 32.0. The van der Waals surface area contributed by atoms with Gasteiger partial charge in [-0.15, -0.1) is 0 Å². The number of imide groups is 1. The second-order valence-corrected chi connectivity index (χ2v) is 12.5. The lowest BCUT2D eigenvalue weighted by atomic mass is 9.95. The molecule has 1 aliphatic carbocycles. The SMILES string of the molecule is O=C1c2c(Cl)c(Cl)c(Cl)c(Cl)c2C(=O)C1c1ccc2c(-c3ccccc3)ccc(N3C(=O)c4cc5ccccc5cc4C3=O)c2n1. The van der Waals surface area contributed by atoms with Gasteiger partial charge in [0.15, 0.2) is 11.6 Å². The quantitative estimate of drug-likeness (QED) is 0.0804. The van der Waals surface area contributed by atoms with Gasteiger partial charge < -0.3 is 0 Å². The number of amides is 2. The predicted molar refractivity (Wildman–Crippen MR) is 180 cm³/mol. The summed E-state index contributed by atoms with van der Waals surface area (Å²) in [5, 5.41) is 1.65. The number of carbonyl (C=O) groups excluding carboxylic acids is 4. The Kier molecular flexibility index (Phi) is 6.57. The highest BCUT2D eigenvalue weighted by molar-refractivity contribution is 6.56. The number of pyridine rings is 1. The van der Waals surface area contributed by atoms with Crippen LogP contribution >= 0.6 is 46.4 Å². The van der Waals surface area contributed by atoms with Gasteiger partial charge in [0.25, 0.3) is 11.8 Å². The van der Waals surface area contributed by atoms with E-state index in [2.05, 4.69) is 0 Å². The average molecular weight is 682 g/mol. The first-order chi connectivity index (χ1) is 22.2. The van der Waals surface area contributed by atoms with Crippen molar-refractivity contribution in [2.45, 2.75) is 5.92 Å². The lowest BCUT2D eigenvalue weighted by molar-refractivity contribution is 0.0882. The summed E-state index contributed by atoms with van der Waals surface area (Å²) in [4.78, 5) is 61.2. The summed E-state index contributed by atoms with van der Waals surface area (Å²) in [5.74, 6) is -3.68. The van der Waals surface area contributed by atoms with Crippen LogP contribution in [0.1, 0.15) is 53.0 Å². The van der Waals surface area contributed by atoms with E-state index in [1.165, 1.54) is 0 Å². The van der Waals surface area contributed by atoms with Crippen LogP contribution in [0.15, 0.2) is 91.0 Å². The number of carbonyl (C=O) groups is 4. The molecular formula is C36H16Cl4N2O4. The Hall–Kier alpha value is -4.59. The fourth-order valence-electron chi connectivity index (χ4n) is 6.35. The maximum absolute atomic E-state index is 13.9. The highest BCUT2D eigenvalue weighted by Crippen LogP contribution is 2.48. The summed E-state index contributed by atoms with van der Waals surface area (Å²) in [7, 11) is 0. The molecule has 46 heavy (non-hydrogen) atoms. The molecule has 0 saturated heterocycles. The third kappa shape index (κ3) is 4.01. The van der Waals surface area contributed by atoms with Crippen molar-refractivity contribution in [1.29, 1.82) is 0 Å². The third-order valence-corrected chi connectivity index (χ3v) is 10.3. The molecular weight excluding hydrogens is 666 g/mol. The number of halogens is 4. The molecule has 1 aliphatic heterocycles. The van der Waals surface area contributed by atoms with Crippen LogP contribution in [0.25, 0.3) is 32.8 Å². The van der Waals surface area contributed by atoms with Crippen LogP contribution in [0.5, 0.6) is 0 Å². The molecule has 0 bridgehead atoms. The summed E-state index contributed by atoms with van der Waals surface area (Å²) in [6.45, 7) is 0. The van der Waals surface area contributed by atoms with Gasteiger partial charge in [0, 0.05) is 5.39 Å². The number of aromatic nitrogens is 1. The van der Waals surface area contributed by atoms with Crippen LogP contribution < -0.4 is 4.90 Å². The molecule has 2 heterocycles. The molecule has 8 rings (SSSR count). The minimum absolute atomic E-state index is 0.0897. The molecule has 222 valence electrons. The number of fused-ring (bicyclic) bond motifs is 4. The maximum atomic E-state index is 13.9. The number of hydrogen-bond donors (Lipinski definition) is 0. The number of Topliss-reactive ketones (excluding diaryl/α,β-unsaturated/α-hetero) is 2. The molecule has 6 aromatic rings. The Morgan fingerprint density at radius 1 is 0.565 bits per heavy atom. The third-order valence-electron chi connectivity index (χ3n) is 8.52. The highest BCUT2D eigenvalue weighted by Gasteiger charge is 2.45. The zero-order valence-electron chi connectivity index (χ0n) is 23.3. The van der Waals surface area contributed by atoms with Crippen molar-refractivity contribution in [3.63, 3.8) is 0 Å². The molecule has 0 N–H and O–H groups in total. The Bertz CT molecular complexity index is 2310. The average Bonchev–Trinajstić information content (AvgIpc) is 3.48. The van der Waals surface area contributed by atoms with Crippen molar-refractivity contribution in [1.82, 2.24) is 4.98 Å². The molecule has 0 radical (unpaired) electrons. The zero-order valence-corrected chi connectivity index (χ0v) is 26.3. The molecule has 0 spiro atoms. The van der Waals surface area contributed by atoms with Gasteiger partial charge in [0.2, 0.25) is 0 Å². The van der Waals surface area contributed by atoms with Crippen molar-refractivity contribution < 1.29 is 19.2 Å². The molecule has 10 heteroatoms. The standard InChI is InChI=1S/C36H16Cl4N2O4/c37-28-26-27(29(38)31(40)30(28)39)34(44)25(33(26)43)23-12-10-20-19(16-6-2-1-3-7-16)11-13-24(32(20)41-23)42-35(45)21-14-17-8-4-5-9-18(17)15-22(21)36(42)46/h1-15,25H. The highest BCUT2D eigenvalue weighted by atomic mass is 35.5. The van der Waals surface area contributed by atoms with E-state index in [0.29, 0.717) is 5.39 Å². The first-order valence-electron chi connectivity index (χ1n) is 14.0. The Labute approximate surface area is 281 Å². The van der Waals surface area contributed by atoms with Crippen LogP contribution in [0.3, 0.4) is 0 Å². The van der Waals surface area contributed by atoms with Crippen LogP contribution in [-0.2, 0) is 0 Å². The van der Waals surface area contributed by atoms with E-state index in [0.717, 1.165) is 26.8 Å². The number of benzene rings is 5. The number of anilines is 1. The normalized spacial score (nSPS) is 14.6. The monoisotopic (exact) mass is 680 g/mol. The minimum Gasteiger partial charge on any atom is -0.293 e. The number of hydrogen-bond acceptors (Lipinski definition) is 5. The lowest BCUT2D eigenvalue weighted by Gasteiger charge is -2.19. The van der Waals surface area contributed by atoms with E-state index in [9.17, 15) is 19.2 Å². The van der Waals surface area contributed by atoms with Crippen molar-refractivity contribution in [3.8, 4) is 11.1 Å². The Morgan fingerprint density at radius 3 is 1.67 bits per heavy atom. The topological polar surface area (TPSA) is 84.4 Å². The van der Waals surface area contributed by atoms with E-state index < -0.39 is 29.3 Å². The van der Waals surface area contributed by atoms with E-state index >= 15 is 0 Å². The Balaban J connectivity index is 1.33. The van der Waals surface area contributed by atoms with Gasteiger partial charge in [0.1, 0.15) is 5.92 Å². The van der Waals surface area contributed by atoms with E-state index in [1.54, 1.807) is 30.3 Å². The minimum atomic E-state index is -1.40. The van der Waals surface area contributed by atoms with Gasteiger partial charge >= 0.3 is 0 Å². The molecule has 0 atom stereocenters. The summed E-state index contributed by atoms with van der Waals surface area (Å²) < 4.78 is 0. The fraction of sp³-hybridized carbons (Fsp3) is 0.0278. The lowest BCUT2D eigenvalue weighted by Crippen LogP contribution is -2.29. The van der Waals surface area contributed by atoms with E-state index in [1.807, 2.05) is 60.7 Å². The molecule has 2 amide bonds. The molecule has 0 fully saturated rings. The first-order valence-corrected chi connectivity index (χ1v) is 15.5. The van der Waals surface area contributed by atoms with Crippen molar-refractivity contribution in [2.75, 3.05) is 4.90 Å². The maximum Gasteiger partial charge on any atom is 0.266 e. The van der Waals surface area contributed by atoms with Crippen molar-refractivity contribution >= 4 is 97.1 Å². The van der Waals surface area contributed by atoms with Gasteiger partial charge in [-0.2, -0.15) is 0 Å². The largest absolute Gasteiger partial charge is 0.293 e. The van der Waals surface area contributed by atoms with Gasteiger partial charge in [-0.3, -0.25) is 19.2 Å². The van der Waals surface area contributed by atoms with Crippen LogP contribution in [-0.4, -0.2) is 28.4 Å². The second-order valence-electron chi connectivity index (χ2n) is 11.0. The van der Waals surface area contributed by atoms with Crippen molar-refractivity contribution in [3.05, 3.63) is 139 Å². The number of nitrogens with zero attached hydrogens (tertiary/aromatic N) is 2. The second kappa shape index (κ2) is 10.5. The van der Waals surface area contributed by atoms with Crippen LogP contribution in [0.2, 0.25) is 20.1 Å². The van der Waals surface area contributed by atoms with Gasteiger partial charge in [0.05, 0.1) is 59.2 Å². The molecule has 2 aliphatic rings. The molecule has 0 saturated carbocycles. The molecule has 0 unspecified atom stereocenters. The molecule has 6 nitrogen and oxygen atoms in total. The smallest absolute Gasteiger partial charge is 0.266 e. The van der Waals surface area contributed by atoms with Crippen LogP contribution in [0.4, 0.5) is 5.69 Å². The fourth-order valence-corrected chi connectivity index (χ4v) is 7.38. The van der Waals surface area contributed by atoms with Gasteiger partial charge in [-0.1, -0.05) is 113 Å². The summed E-state index contributed by atoms with van der Waals surface area (Å²) in [6.07, 6.45) is 0. The van der Waals surface area contributed by atoms with Gasteiger partial charge in [-0.05, 0) is 46.2 Å². The number of rotatable bonds is 3. The van der Waals surface area contributed by atoms with Crippen LogP contribution in [0, 0.1) is 0 Å². The summed E-state index contributed by atoms with van der Waals surface area (Å²) >= 11 is 25.2. The molecule has 1 aromatic heterocycles. The summed E-state index contributed by atoms with van der Waals surface area (Å²) in [5.41, 5.74) is 2.50. The Morgan fingerprint density at radius 2 is 1.11 bits per heavy atom. The predicted octanol–water partition coefficient (Wildman–Crippen LogP) is 9.63. The molecule has 5 aromatic carbocycles. The first kappa shape index (κ1) is 28.9. The van der Waals surface area contributed by atoms with Gasteiger partial charge in [-0.25, -0.2) is 9.88 Å². The summed E-state index contributed by atoms with van der Waals surface area (Å²) in [6, 6.07) is 27.2. The van der Waals surface area contributed by atoms with E-state index in [4.69, 9.17) is 51.4 Å². The van der Waals surface area contributed by atoms with E-state index in [-0.39, 0.29) is 59.2 Å². The number of ketones is 2. The van der Waals surface area contributed by atoms with Crippen molar-refractivity contribution in [2.24, 2.45) is 0 Å².